The van der Waals surface area contributed by atoms with Crippen molar-refractivity contribution in [2.75, 3.05) is 0 Å². The fraction of sp³-hybridized carbons (Fsp3) is 0.400. The van der Waals surface area contributed by atoms with E-state index in [2.05, 4.69) is 0 Å². The topological polar surface area (TPSA) is 63.4 Å². The van der Waals surface area contributed by atoms with Crippen LogP contribution in [0.2, 0.25) is 0 Å². The zero-order valence-electron chi connectivity index (χ0n) is 8.18. The molecule has 0 fully saturated rings. The second kappa shape index (κ2) is 4.19. The fourth-order valence-corrected chi connectivity index (χ4v) is 1.18. The summed E-state index contributed by atoms with van der Waals surface area (Å²) in [4.78, 5) is 9.94. The monoisotopic (exact) mass is 195 g/mol. The van der Waals surface area contributed by atoms with Gasteiger partial charge in [0.05, 0.1) is 11.0 Å². The Kier molecular flexibility index (Phi) is 3.19. The van der Waals surface area contributed by atoms with Crippen LogP contribution in [0.1, 0.15) is 25.3 Å². The van der Waals surface area contributed by atoms with Gasteiger partial charge in [0.25, 0.3) is 5.69 Å². The molecule has 0 unspecified atom stereocenters. The molecule has 0 bridgehead atoms. The maximum Gasteiger partial charge on any atom is 0.269 e. The van der Waals surface area contributed by atoms with E-state index >= 15 is 0 Å². The number of hydrogen-bond acceptors (Lipinski definition) is 3. The fourth-order valence-electron chi connectivity index (χ4n) is 1.18. The molecule has 1 aromatic rings. The van der Waals surface area contributed by atoms with Gasteiger partial charge < -0.3 is 5.11 Å². The number of hydrogen-bond donors (Lipinski definition) is 1. The summed E-state index contributed by atoms with van der Waals surface area (Å²) in [6.45, 7) is 3.58. The lowest BCUT2D eigenvalue weighted by Crippen LogP contribution is -2.10. The summed E-state index contributed by atoms with van der Waals surface area (Å²) in [5.74, 6) is -0.00389. The molecule has 1 N–H and O–H groups in total. The van der Waals surface area contributed by atoms with Crippen LogP contribution >= 0.6 is 0 Å². The molecule has 0 aromatic heterocycles. The lowest BCUT2D eigenvalue weighted by Gasteiger charge is -2.14. The van der Waals surface area contributed by atoms with Crippen LogP contribution in [0.25, 0.3) is 0 Å². The van der Waals surface area contributed by atoms with Crippen molar-refractivity contribution in [1.29, 1.82) is 0 Å². The van der Waals surface area contributed by atoms with E-state index in [0.29, 0.717) is 0 Å². The molecule has 2 atom stereocenters. The largest absolute Gasteiger partial charge is 0.393 e. The molecular formula is C10H13NO3. The number of rotatable bonds is 3. The van der Waals surface area contributed by atoms with Crippen LogP contribution < -0.4 is 0 Å². The van der Waals surface area contributed by atoms with Crippen molar-refractivity contribution in [2.24, 2.45) is 0 Å². The summed E-state index contributed by atoms with van der Waals surface area (Å²) in [7, 11) is 0. The maximum atomic E-state index is 10.4. The minimum atomic E-state index is -0.448. The Bertz CT molecular complexity index is 319. The minimum absolute atomic E-state index is 0.00389. The molecule has 0 heterocycles. The second-order valence-corrected chi connectivity index (χ2v) is 3.38. The molecule has 4 heteroatoms. The molecule has 1 aromatic carbocycles. The van der Waals surface area contributed by atoms with Crippen LogP contribution in [-0.2, 0) is 0 Å². The van der Waals surface area contributed by atoms with Gasteiger partial charge in [-0.1, -0.05) is 19.1 Å². The highest BCUT2D eigenvalue weighted by atomic mass is 16.6. The first-order valence-electron chi connectivity index (χ1n) is 4.45. The Morgan fingerprint density at radius 1 is 1.29 bits per heavy atom. The van der Waals surface area contributed by atoms with E-state index in [1.54, 1.807) is 19.1 Å². The van der Waals surface area contributed by atoms with Crippen LogP contribution in [0, 0.1) is 10.1 Å². The summed E-state index contributed by atoms with van der Waals surface area (Å²) in [5.41, 5.74) is 0.983. The van der Waals surface area contributed by atoms with Gasteiger partial charge in [-0.05, 0) is 12.5 Å². The Balaban J connectivity index is 2.88. The smallest absolute Gasteiger partial charge is 0.269 e. The van der Waals surface area contributed by atoms with Gasteiger partial charge in [0.2, 0.25) is 0 Å². The van der Waals surface area contributed by atoms with Crippen molar-refractivity contribution in [3.05, 3.63) is 39.9 Å². The Morgan fingerprint density at radius 3 is 2.14 bits per heavy atom. The van der Waals surface area contributed by atoms with Gasteiger partial charge in [-0.2, -0.15) is 0 Å². The zero-order valence-corrected chi connectivity index (χ0v) is 8.18. The molecule has 4 nitrogen and oxygen atoms in total. The standard InChI is InChI=1S/C10H13NO3/c1-7(8(2)12)9-3-5-10(6-4-9)11(13)14/h3-8,12H,1-2H3/t7-,8+/m0/s1. The molecule has 0 saturated carbocycles. The van der Waals surface area contributed by atoms with Crippen LogP contribution in [0.4, 0.5) is 5.69 Å². The number of nitrogens with zero attached hydrogens (tertiary/aromatic N) is 1. The van der Waals surface area contributed by atoms with Crippen LogP contribution in [0.3, 0.4) is 0 Å². The highest BCUT2D eigenvalue weighted by molar-refractivity contribution is 5.34. The average Bonchev–Trinajstić information content (AvgIpc) is 2.16. The van der Waals surface area contributed by atoms with Gasteiger partial charge in [0.1, 0.15) is 0 Å². The van der Waals surface area contributed by atoms with Gasteiger partial charge in [-0.25, -0.2) is 0 Å². The number of nitro groups is 1. The molecule has 1 rings (SSSR count). The van der Waals surface area contributed by atoms with E-state index in [9.17, 15) is 15.2 Å². The van der Waals surface area contributed by atoms with Crippen molar-refractivity contribution < 1.29 is 10.0 Å². The number of aliphatic hydroxyl groups excluding tert-OH is 1. The third kappa shape index (κ3) is 2.29. The average molecular weight is 195 g/mol. The number of aliphatic hydroxyl groups is 1. The van der Waals surface area contributed by atoms with Crippen LogP contribution in [0.5, 0.6) is 0 Å². The maximum absolute atomic E-state index is 10.4. The predicted molar refractivity (Wildman–Crippen MR) is 53.2 cm³/mol. The molecule has 0 radical (unpaired) electrons. The van der Waals surface area contributed by atoms with Crippen molar-refractivity contribution >= 4 is 5.69 Å². The van der Waals surface area contributed by atoms with Gasteiger partial charge in [0.15, 0.2) is 0 Å². The first-order valence-corrected chi connectivity index (χ1v) is 4.45. The van der Waals surface area contributed by atoms with Crippen molar-refractivity contribution in [3.63, 3.8) is 0 Å². The molecule has 14 heavy (non-hydrogen) atoms. The molecule has 0 aliphatic heterocycles. The third-order valence-electron chi connectivity index (χ3n) is 2.35. The SMILES string of the molecule is C[C@H](c1ccc([N+](=O)[O-])cc1)[C@@H](C)O. The van der Waals surface area contributed by atoms with Crippen LogP contribution in [-0.4, -0.2) is 16.1 Å². The Hall–Kier alpha value is -1.42. The minimum Gasteiger partial charge on any atom is -0.393 e. The highest BCUT2D eigenvalue weighted by Gasteiger charge is 2.12. The van der Waals surface area contributed by atoms with Crippen molar-refractivity contribution in [1.82, 2.24) is 0 Å². The molecule has 0 aliphatic carbocycles. The van der Waals surface area contributed by atoms with Gasteiger partial charge in [0, 0.05) is 18.1 Å². The van der Waals surface area contributed by atoms with E-state index < -0.39 is 11.0 Å². The summed E-state index contributed by atoms with van der Waals surface area (Å²) in [6.07, 6.45) is -0.448. The van der Waals surface area contributed by atoms with Gasteiger partial charge in [-0.3, -0.25) is 10.1 Å². The lowest BCUT2D eigenvalue weighted by molar-refractivity contribution is -0.384. The Labute approximate surface area is 82.3 Å². The summed E-state index contributed by atoms with van der Waals surface area (Å²) in [5, 5.41) is 19.7. The summed E-state index contributed by atoms with van der Waals surface area (Å²) in [6, 6.07) is 6.26. The quantitative estimate of drug-likeness (QED) is 0.593. The first-order chi connectivity index (χ1) is 6.52. The number of non-ortho nitro benzene ring substituents is 1. The Morgan fingerprint density at radius 2 is 1.79 bits per heavy atom. The van der Waals surface area contributed by atoms with E-state index in [1.807, 2.05) is 6.92 Å². The highest BCUT2D eigenvalue weighted by Crippen LogP contribution is 2.21. The normalized spacial score (nSPS) is 14.8. The second-order valence-electron chi connectivity index (χ2n) is 3.38. The van der Waals surface area contributed by atoms with E-state index in [0.717, 1.165) is 5.56 Å². The molecule has 76 valence electrons. The number of benzene rings is 1. The van der Waals surface area contributed by atoms with Crippen molar-refractivity contribution in [2.45, 2.75) is 25.9 Å². The molecule has 0 aliphatic rings. The number of nitro benzene ring substituents is 1. The summed E-state index contributed by atoms with van der Waals surface area (Å²) < 4.78 is 0. The first kappa shape index (κ1) is 10.7. The lowest BCUT2D eigenvalue weighted by atomic mass is 9.96. The van der Waals surface area contributed by atoms with Gasteiger partial charge in [-0.15, -0.1) is 0 Å². The molecule has 0 saturated heterocycles. The molecular weight excluding hydrogens is 182 g/mol. The molecule has 0 amide bonds. The zero-order chi connectivity index (χ0) is 10.7. The van der Waals surface area contributed by atoms with Crippen molar-refractivity contribution in [3.8, 4) is 0 Å². The van der Waals surface area contributed by atoms with E-state index in [-0.39, 0.29) is 11.6 Å². The third-order valence-corrected chi connectivity index (χ3v) is 2.35. The molecule has 0 spiro atoms. The van der Waals surface area contributed by atoms with Crippen LogP contribution in [0.15, 0.2) is 24.3 Å². The summed E-state index contributed by atoms with van der Waals surface area (Å²) >= 11 is 0. The van der Waals surface area contributed by atoms with Gasteiger partial charge >= 0.3 is 0 Å². The van der Waals surface area contributed by atoms with E-state index in [4.69, 9.17) is 0 Å². The predicted octanol–water partition coefficient (Wildman–Crippen LogP) is 2.08. The van der Waals surface area contributed by atoms with E-state index in [1.165, 1.54) is 12.1 Å².